The number of aromatic nitrogens is 2. The minimum absolute atomic E-state index is 0.364. The molecule has 2 unspecified atom stereocenters. The summed E-state index contributed by atoms with van der Waals surface area (Å²) in [6.45, 7) is 6.78. The fraction of sp³-hybridized carbons (Fsp3) is 0.750. The van der Waals surface area contributed by atoms with E-state index in [1.54, 1.807) is 20.5 Å². The quantitative estimate of drug-likeness (QED) is 0.677. The third-order valence-electron chi connectivity index (χ3n) is 3.86. The van der Waals surface area contributed by atoms with Crippen LogP contribution in [0.15, 0.2) is 12.4 Å². The molecule has 0 radical (unpaired) electrons. The van der Waals surface area contributed by atoms with Crippen molar-refractivity contribution in [2.45, 2.75) is 32.7 Å². The third-order valence-corrected chi connectivity index (χ3v) is 3.86. The van der Waals surface area contributed by atoms with Crippen LogP contribution in [0.4, 0.5) is 11.6 Å². The maximum absolute atomic E-state index is 5.14. The van der Waals surface area contributed by atoms with E-state index < -0.39 is 0 Å². The first-order chi connectivity index (χ1) is 10.6. The van der Waals surface area contributed by atoms with Crippen LogP contribution in [0.5, 0.6) is 0 Å². The van der Waals surface area contributed by atoms with E-state index in [0.717, 1.165) is 44.2 Å². The van der Waals surface area contributed by atoms with E-state index in [0.29, 0.717) is 12.0 Å². The first kappa shape index (κ1) is 18.6. The Bertz CT molecular complexity index is 417. The molecule has 0 saturated heterocycles. The smallest absolute Gasteiger partial charge is 0.134 e. The van der Waals surface area contributed by atoms with E-state index in [4.69, 9.17) is 9.47 Å². The van der Waals surface area contributed by atoms with Gasteiger partial charge in [-0.1, -0.05) is 6.92 Å². The van der Waals surface area contributed by atoms with Gasteiger partial charge in [-0.25, -0.2) is 9.97 Å². The Balaban J connectivity index is 2.54. The van der Waals surface area contributed by atoms with Crippen molar-refractivity contribution >= 4 is 11.6 Å². The van der Waals surface area contributed by atoms with Gasteiger partial charge in [-0.3, -0.25) is 0 Å². The van der Waals surface area contributed by atoms with Crippen molar-refractivity contribution in [2.75, 3.05) is 51.2 Å². The van der Waals surface area contributed by atoms with E-state index in [1.165, 1.54) is 0 Å². The summed E-state index contributed by atoms with van der Waals surface area (Å²) in [6.07, 6.45) is 3.61. The van der Waals surface area contributed by atoms with Gasteiger partial charge < -0.3 is 19.7 Å². The average Bonchev–Trinajstić information content (AvgIpc) is 2.55. The van der Waals surface area contributed by atoms with E-state index >= 15 is 0 Å². The van der Waals surface area contributed by atoms with Crippen molar-refractivity contribution in [1.82, 2.24) is 9.97 Å². The molecule has 1 rings (SSSR count). The standard InChI is InChI=1S/C16H30N4O2/c1-13(6-8-21-4)11-17-15-10-16(19-12-18-15)20(3)14(2)7-9-22-5/h10,12-14H,6-9,11H2,1-5H3,(H,17,18,19). The van der Waals surface area contributed by atoms with Gasteiger partial charge in [0.15, 0.2) is 0 Å². The highest BCUT2D eigenvalue weighted by Gasteiger charge is 2.12. The van der Waals surface area contributed by atoms with Crippen molar-refractivity contribution in [3.8, 4) is 0 Å². The molecule has 0 spiro atoms. The topological polar surface area (TPSA) is 59.5 Å². The lowest BCUT2D eigenvalue weighted by Crippen LogP contribution is -2.30. The van der Waals surface area contributed by atoms with Crippen LogP contribution in [-0.2, 0) is 9.47 Å². The lowest BCUT2D eigenvalue weighted by atomic mass is 10.1. The predicted octanol–water partition coefficient (Wildman–Crippen LogP) is 2.42. The van der Waals surface area contributed by atoms with Crippen LogP contribution in [0.25, 0.3) is 0 Å². The Labute approximate surface area is 134 Å². The molecule has 0 aliphatic carbocycles. The van der Waals surface area contributed by atoms with E-state index in [9.17, 15) is 0 Å². The third kappa shape index (κ3) is 6.58. The zero-order valence-electron chi connectivity index (χ0n) is 14.5. The molecule has 1 aromatic rings. The minimum Gasteiger partial charge on any atom is -0.385 e. The highest BCUT2D eigenvalue weighted by molar-refractivity contribution is 5.48. The van der Waals surface area contributed by atoms with Gasteiger partial charge in [0.05, 0.1) is 0 Å². The largest absolute Gasteiger partial charge is 0.385 e. The highest BCUT2D eigenvalue weighted by atomic mass is 16.5. The lowest BCUT2D eigenvalue weighted by Gasteiger charge is -2.26. The summed E-state index contributed by atoms with van der Waals surface area (Å²) in [5.41, 5.74) is 0. The zero-order valence-corrected chi connectivity index (χ0v) is 14.5. The van der Waals surface area contributed by atoms with E-state index in [-0.39, 0.29) is 0 Å². The maximum Gasteiger partial charge on any atom is 0.134 e. The molecule has 6 nitrogen and oxygen atoms in total. The summed E-state index contributed by atoms with van der Waals surface area (Å²) in [5, 5.41) is 3.37. The molecule has 1 heterocycles. The number of hydrogen-bond donors (Lipinski definition) is 1. The Morgan fingerprint density at radius 1 is 1.14 bits per heavy atom. The minimum atomic E-state index is 0.364. The Hall–Kier alpha value is -1.40. The molecule has 0 bridgehead atoms. The number of nitrogens with zero attached hydrogens (tertiary/aromatic N) is 3. The molecule has 0 fully saturated rings. The van der Waals surface area contributed by atoms with Crippen molar-refractivity contribution < 1.29 is 9.47 Å². The Morgan fingerprint density at radius 3 is 2.50 bits per heavy atom. The lowest BCUT2D eigenvalue weighted by molar-refractivity contribution is 0.182. The molecule has 0 saturated carbocycles. The number of methoxy groups -OCH3 is 2. The summed E-state index contributed by atoms with van der Waals surface area (Å²) >= 11 is 0. The molecule has 0 amide bonds. The zero-order chi connectivity index (χ0) is 16.4. The number of anilines is 2. The van der Waals surface area contributed by atoms with Crippen LogP contribution in [0.2, 0.25) is 0 Å². The molecule has 0 aliphatic rings. The van der Waals surface area contributed by atoms with Gasteiger partial charge in [-0.05, 0) is 25.7 Å². The van der Waals surface area contributed by atoms with Crippen LogP contribution in [0.3, 0.4) is 0 Å². The van der Waals surface area contributed by atoms with Gasteiger partial charge in [0.2, 0.25) is 0 Å². The molecular weight excluding hydrogens is 280 g/mol. The second-order valence-electron chi connectivity index (χ2n) is 5.77. The van der Waals surface area contributed by atoms with E-state index in [2.05, 4.69) is 34.0 Å². The monoisotopic (exact) mass is 310 g/mol. The van der Waals surface area contributed by atoms with Crippen LogP contribution in [-0.4, -0.2) is 57.0 Å². The molecular formula is C16H30N4O2. The van der Waals surface area contributed by atoms with Gasteiger partial charge in [0, 0.05) is 53.1 Å². The maximum atomic E-state index is 5.14. The summed E-state index contributed by atoms with van der Waals surface area (Å²) in [4.78, 5) is 10.8. The number of nitrogens with one attached hydrogen (secondary N) is 1. The van der Waals surface area contributed by atoms with Crippen molar-refractivity contribution in [2.24, 2.45) is 5.92 Å². The van der Waals surface area contributed by atoms with Crippen LogP contribution < -0.4 is 10.2 Å². The first-order valence-corrected chi connectivity index (χ1v) is 7.85. The molecule has 22 heavy (non-hydrogen) atoms. The average molecular weight is 310 g/mol. The van der Waals surface area contributed by atoms with E-state index in [1.807, 2.05) is 13.1 Å². The number of rotatable bonds is 11. The van der Waals surface area contributed by atoms with Crippen molar-refractivity contribution in [3.63, 3.8) is 0 Å². The van der Waals surface area contributed by atoms with Gasteiger partial charge in [-0.15, -0.1) is 0 Å². The Morgan fingerprint density at radius 2 is 1.82 bits per heavy atom. The summed E-state index contributed by atoms with van der Waals surface area (Å²) in [7, 11) is 5.51. The molecule has 126 valence electrons. The van der Waals surface area contributed by atoms with Gasteiger partial charge in [-0.2, -0.15) is 0 Å². The normalized spacial score (nSPS) is 13.7. The Kier molecular flexibility index (Phi) is 8.77. The SMILES string of the molecule is COCCC(C)CNc1cc(N(C)C(C)CCOC)ncn1. The number of hydrogen-bond acceptors (Lipinski definition) is 6. The van der Waals surface area contributed by atoms with Crippen LogP contribution in [0, 0.1) is 5.92 Å². The van der Waals surface area contributed by atoms with Crippen LogP contribution >= 0.6 is 0 Å². The summed E-state index contributed by atoms with van der Waals surface area (Å²) in [6, 6.07) is 2.36. The molecule has 1 N–H and O–H groups in total. The van der Waals surface area contributed by atoms with Gasteiger partial charge in [0.25, 0.3) is 0 Å². The summed E-state index contributed by atoms with van der Waals surface area (Å²) < 4.78 is 10.2. The van der Waals surface area contributed by atoms with Gasteiger partial charge >= 0.3 is 0 Å². The number of ether oxygens (including phenoxy) is 2. The predicted molar refractivity (Wildman–Crippen MR) is 90.5 cm³/mol. The van der Waals surface area contributed by atoms with Crippen molar-refractivity contribution in [1.29, 1.82) is 0 Å². The summed E-state index contributed by atoms with van der Waals surface area (Å²) in [5.74, 6) is 2.32. The molecule has 0 aromatic carbocycles. The fourth-order valence-corrected chi connectivity index (χ4v) is 2.04. The second kappa shape index (κ2) is 10.3. The second-order valence-corrected chi connectivity index (χ2v) is 5.77. The molecule has 1 aromatic heterocycles. The van der Waals surface area contributed by atoms with Gasteiger partial charge in [0.1, 0.15) is 18.0 Å². The molecule has 6 heteroatoms. The molecule has 0 aliphatic heterocycles. The van der Waals surface area contributed by atoms with Crippen molar-refractivity contribution in [3.05, 3.63) is 12.4 Å². The first-order valence-electron chi connectivity index (χ1n) is 7.85. The molecule has 2 atom stereocenters. The highest BCUT2D eigenvalue weighted by Crippen LogP contribution is 2.17. The van der Waals surface area contributed by atoms with Crippen LogP contribution in [0.1, 0.15) is 26.7 Å². The fourth-order valence-electron chi connectivity index (χ4n) is 2.04.